The SMILES string of the molecule is COCC1CCCN1C(=O)CCCCCCCCCCC(=O)NC(COCCC=O)(COCCC(=O)NCCCNC=O)COCCC(=O)NCCCNC=O. The van der Waals surface area contributed by atoms with Gasteiger partial charge in [-0.2, -0.15) is 0 Å². The van der Waals surface area contributed by atoms with Crippen LogP contribution in [0.5, 0.6) is 0 Å². The van der Waals surface area contributed by atoms with E-state index in [1.165, 1.54) is 0 Å². The highest BCUT2D eigenvalue weighted by atomic mass is 16.5. The molecule has 5 N–H and O–H groups in total. The van der Waals surface area contributed by atoms with Gasteiger partial charge in [0.15, 0.2) is 0 Å². The summed E-state index contributed by atoms with van der Waals surface area (Å²) in [7, 11) is 1.68. The van der Waals surface area contributed by atoms with Gasteiger partial charge in [-0.05, 0) is 38.5 Å². The van der Waals surface area contributed by atoms with Crippen LogP contribution in [0.2, 0.25) is 0 Å². The van der Waals surface area contributed by atoms with Crippen molar-refractivity contribution in [2.45, 2.75) is 121 Å². The summed E-state index contributed by atoms with van der Waals surface area (Å²) in [6.45, 7) is 3.31. The van der Waals surface area contributed by atoms with Crippen molar-refractivity contribution in [3.05, 3.63) is 0 Å². The van der Waals surface area contributed by atoms with Crippen LogP contribution >= 0.6 is 0 Å². The fourth-order valence-electron chi connectivity index (χ4n) is 6.28. The topological polar surface area (TPSA) is 220 Å². The van der Waals surface area contributed by atoms with E-state index in [0.29, 0.717) is 71.3 Å². The first-order valence-corrected chi connectivity index (χ1v) is 20.4. The number of hydrogen-bond donors (Lipinski definition) is 5. The van der Waals surface area contributed by atoms with Gasteiger partial charge in [0.25, 0.3) is 0 Å². The molecule has 0 saturated carbocycles. The molecule has 322 valence electrons. The van der Waals surface area contributed by atoms with Gasteiger partial charge in [0.1, 0.15) is 11.8 Å². The Kier molecular flexibility index (Phi) is 31.1. The van der Waals surface area contributed by atoms with Gasteiger partial charge < -0.3 is 55.2 Å². The van der Waals surface area contributed by atoms with Gasteiger partial charge in [-0.3, -0.25) is 28.8 Å². The van der Waals surface area contributed by atoms with E-state index in [9.17, 15) is 33.6 Å². The number of carbonyl (C=O) groups excluding carboxylic acids is 7. The lowest BCUT2D eigenvalue weighted by Crippen LogP contribution is -2.58. The number of methoxy groups -OCH3 is 1. The molecule has 0 bridgehead atoms. The summed E-state index contributed by atoms with van der Waals surface area (Å²) in [6, 6.07) is 0.217. The van der Waals surface area contributed by atoms with E-state index in [1.54, 1.807) is 7.11 Å². The van der Waals surface area contributed by atoms with Crippen molar-refractivity contribution in [1.82, 2.24) is 31.5 Å². The van der Waals surface area contributed by atoms with Gasteiger partial charge in [-0.1, -0.05) is 38.5 Å². The predicted octanol–water partition coefficient (Wildman–Crippen LogP) is 1.30. The van der Waals surface area contributed by atoms with E-state index in [-0.39, 0.29) is 95.0 Å². The zero-order valence-corrected chi connectivity index (χ0v) is 33.8. The molecule has 0 aromatic heterocycles. The van der Waals surface area contributed by atoms with E-state index in [2.05, 4.69) is 26.6 Å². The summed E-state index contributed by atoms with van der Waals surface area (Å²) in [5, 5.41) is 13.6. The molecule has 0 spiro atoms. The Hall–Kier alpha value is -3.67. The minimum absolute atomic E-state index is 0.0181. The Morgan fingerprint density at radius 1 is 0.643 bits per heavy atom. The third-order valence-electron chi connectivity index (χ3n) is 9.27. The highest BCUT2D eigenvalue weighted by molar-refractivity contribution is 5.77. The minimum atomic E-state index is -1.14. The van der Waals surface area contributed by atoms with Crippen molar-refractivity contribution in [2.75, 3.05) is 86.1 Å². The third kappa shape index (κ3) is 26.2. The Labute approximate surface area is 333 Å². The van der Waals surface area contributed by atoms with Crippen LogP contribution in [0.25, 0.3) is 0 Å². The number of nitrogens with one attached hydrogen (secondary N) is 5. The summed E-state index contributed by atoms with van der Waals surface area (Å²) in [5.41, 5.74) is -1.14. The first kappa shape index (κ1) is 50.3. The highest BCUT2D eigenvalue weighted by Crippen LogP contribution is 2.20. The second-order valence-electron chi connectivity index (χ2n) is 14.2. The minimum Gasteiger partial charge on any atom is -0.383 e. The molecule has 0 aliphatic carbocycles. The molecule has 1 heterocycles. The molecule has 17 nitrogen and oxygen atoms in total. The number of amides is 6. The fourth-order valence-corrected chi connectivity index (χ4v) is 6.28. The predicted molar refractivity (Wildman–Crippen MR) is 209 cm³/mol. The van der Waals surface area contributed by atoms with E-state index < -0.39 is 5.54 Å². The molecule has 56 heavy (non-hydrogen) atoms. The number of rotatable bonds is 39. The molecule has 1 fully saturated rings. The van der Waals surface area contributed by atoms with Crippen LogP contribution in [0.4, 0.5) is 0 Å². The molecule has 6 amide bonds. The van der Waals surface area contributed by atoms with Crippen LogP contribution < -0.4 is 26.6 Å². The largest absolute Gasteiger partial charge is 0.383 e. The molecule has 1 aliphatic rings. The number of nitrogens with zero attached hydrogens (tertiary/aromatic N) is 1. The number of likely N-dealkylation sites (tertiary alicyclic amines) is 1. The van der Waals surface area contributed by atoms with Crippen molar-refractivity contribution in [3.63, 3.8) is 0 Å². The zero-order valence-electron chi connectivity index (χ0n) is 33.8. The third-order valence-corrected chi connectivity index (χ3v) is 9.27. The monoisotopic (exact) mass is 799 g/mol. The molecule has 0 aromatic rings. The molecule has 0 aromatic carbocycles. The molecule has 17 heteroatoms. The molecule has 1 rings (SSSR count). The lowest BCUT2D eigenvalue weighted by molar-refractivity contribution is -0.133. The average molecular weight is 799 g/mol. The van der Waals surface area contributed by atoms with E-state index in [4.69, 9.17) is 18.9 Å². The second-order valence-corrected chi connectivity index (χ2v) is 14.2. The van der Waals surface area contributed by atoms with Gasteiger partial charge in [0.05, 0.1) is 52.3 Å². The Balaban J connectivity index is 2.58. The average Bonchev–Trinajstić information content (AvgIpc) is 3.66. The molecular formula is C39H70N6O11. The van der Waals surface area contributed by atoms with E-state index in [0.717, 1.165) is 70.6 Å². The second kappa shape index (κ2) is 34.6. The van der Waals surface area contributed by atoms with Crippen LogP contribution in [0, 0.1) is 0 Å². The van der Waals surface area contributed by atoms with Crippen molar-refractivity contribution < 1.29 is 52.5 Å². The highest BCUT2D eigenvalue weighted by Gasteiger charge is 2.34. The lowest BCUT2D eigenvalue weighted by Gasteiger charge is -2.34. The Bertz CT molecular complexity index is 1060. The van der Waals surface area contributed by atoms with Crippen LogP contribution in [-0.4, -0.2) is 145 Å². The molecule has 1 atom stereocenters. The summed E-state index contributed by atoms with van der Waals surface area (Å²) in [5.74, 6) is -0.421. The van der Waals surface area contributed by atoms with Crippen molar-refractivity contribution in [1.29, 1.82) is 0 Å². The van der Waals surface area contributed by atoms with Crippen molar-refractivity contribution >= 4 is 42.7 Å². The Morgan fingerprint density at radius 3 is 1.68 bits per heavy atom. The number of hydrogen-bond acceptors (Lipinski definition) is 11. The standard InChI is InChI=1S/C39H70N6O11/c1-53-28-34-14-10-23-45(34)38(52)16-9-7-5-3-2-4-6-8-15-37(51)44-39(29-54-25-13-24-46,30-55-26-17-35(49)42-21-11-19-40-32-47)31-56-27-18-36(50)43-22-12-20-41-33-48/h24,32-34H,2-23,25-31H2,1H3,(H,40,47)(H,41,48)(H,42,49)(H,43,50)(H,44,51). The molecule has 0 radical (unpaired) electrons. The first-order valence-electron chi connectivity index (χ1n) is 20.4. The van der Waals surface area contributed by atoms with Crippen LogP contribution in [0.1, 0.15) is 109 Å². The summed E-state index contributed by atoms with van der Waals surface area (Å²) in [6.07, 6.45) is 14.1. The van der Waals surface area contributed by atoms with E-state index in [1.807, 2.05) is 4.90 Å². The molecule has 1 saturated heterocycles. The number of ether oxygens (including phenoxy) is 4. The maximum atomic E-state index is 13.3. The first-order chi connectivity index (χ1) is 27.3. The fraction of sp³-hybridized carbons (Fsp3) is 0.821. The van der Waals surface area contributed by atoms with Crippen molar-refractivity contribution in [2.24, 2.45) is 0 Å². The zero-order chi connectivity index (χ0) is 41.0. The summed E-state index contributed by atoms with van der Waals surface area (Å²) in [4.78, 5) is 84.1. The smallest absolute Gasteiger partial charge is 0.222 e. The van der Waals surface area contributed by atoms with Gasteiger partial charge in [-0.25, -0.2) is 0 Å². The Morgan fingerprint density at radius 2 is 1.16 bits per heavy atom. The number of carbonyl (C=O) groups is 7. The van der Waals surface area contributed by atoms with Crippen LogP contribution in [0.3, 0.4) is 0 Å². The normalized spacial score (nSPS) is 13.9. The summed E-state index contributed by atoms with van der Waals surface area (Å²) >= 11 is 0. The molecule has 1 aliphatic heterocycles. The molecule has 1 unspecified atom stereocenters. The van der Waals surface area contributed by atoms with Crippen LogP contribution in [-0.2, 0) is 52.5 Å². The number of unbranched alkanes of at least 4 members (excludes halogenated alkanes) is 7. The maximum Gasteiger partial charge on any atom is 0.222 e. The van der Waals surface area contributed by atoms with Gasteiger partial charge >= 0.3 is 0 Å². The lowest BCUT2D eigenvalue weighted by atomic mass is 10.0. The van der Waals surface area contributed by atoms with Gasteiger partial charge in [0, 0.05) is 71.9 Å². The number of aldehydes is 1. The van der Waals surface area contributed by atoms with Crippen molar-refractivity contribution in [3.8, 4) is 0 Å². The van der Waals surface area contributed by atoms with E-state index >= 15 is 0 Å². The van der Waals surface area contributed by atoms with Gasteiger partial charge in [0.2, 0.25) is 36.4 Å². The molecular weight excluding hydrogens is 728 g/mol. The van der Waals surface area contributed by atoms with Gasteiger partial charge in [-0.15, -0.1) is 0 Å². The summed E-state index contributed by atoms with van der Waals surface area (Å²) < 4.78 is 22.8. The maximum absolute atomic E-state index is 13.3. The van der Waals surface area contributed by atoms with Crippen LogP contribution in [0.15, 0.2) is 0 Å². The quantitative estimate of drug-likeness (QED) is 0.0441.